The van der Waals surface area contributed by atoms with E-state index in [4.69, 9.17) is 25.9 Å². The number of carbonyl (C=O) groups is 2. The number of amides is 1. The van der Waals surface area contributed by atoms with Crippen LogP contribution >= 0.6 is 11.6 Å². The first-order valence-electron chi connectivity index (χ1n) is 8.64. The molecule has 0 bridgehead atoms. The van der Waals surface area contributed by atoms with Gasteiger partial charge in [0.1, 0.15) is 24.0 Å². The number of allylic oxidation sites excluding steroid dienone is 1. The highest BCUT2D eigenvalue weighted by molar-refractivity contribution is 6.32. The first-order chi connectivity index (χ1) is 13.1. The predicted octanol–water partition coefficient (Wildman–Crippen LogP) is 3.23. The Kier molecular flexibility index (Phi) is 6.85. The summed E-state index contributed by atoms with van der Waals surface area (Å²) in [7, 11) is 0. The Labute approximate surface area is 166 Å². The fourth-order valence-electron chi connectivity index (χ4n) is 2.52. The number of carbonyl (C=O) groups excluding carboxylic acids is 1. The number of hydrogen-bond donors (Lipinski definition) is 2. The standard InChI is InChI=1S/C20H22ClNO6/c1-10(2)5-6-27-17-9-16-13(7-15(17)21)11(3)14(20(26)28-16)8-18(23)22-12(4)19(24)25/h5,7,9,12H,6,8H2,1-4H3,(H,22,23)(H,24,25). The molecule has 0 spiro atoms. The van der Waals surface area contributed by atoms with Gasteiger partial charge in [-0.2, -0.15) is 0 Å². The molecule has 8 heteroatoms. The Bertz CT molecular complexity index is 1000. The summed E-state index contributed by atoms with van der Waals surface area (Å²) in [6.45, 7) is 7.25. The molecule has 0 radical (unpaired) electrons. The molecular weight excluding hydrogens is 386 g/mol. The summed E-state index contributed by atoms with van der Waals surface area (Å²) in [6, 6.07) is 2.10. The van der Waals surface area contributed by atoms with E-state index in [2.05, 4.69) is 5.32 Å². The van der Waals surface area contributed by atoms with Gasteiger partial charge in [-0.05, 0) is 45.4 Å². The zero-order valence-electron chi connectivity index (χ0n) is 16.1. The average molecular weight is 408 g/mol. The van der Waals surface area contributed by atoms with Crippen LogP contribution in [0, 0.1) is 6.92 Å². The first kappa shape index (κ1) is 21.5. The van der Waals surface area contributed by atoms with Gasteiger partial charge < -0.3 is 19.6 Å². The van der Waals surface area contributed by atoms with Crippen molar-refractivity contribution in [3.63, 3.8) is 0 Å². The first-order valence-corrected chi connectivity index (χ1v) is 9.02. The van der Waals surface area contributed by atoms with Gasteiger partial charge in [0, 0.05) is 11.5 Å². The number of ether oxygens (including phenoxy) is 1. The zero-order chi connectivity index (χ0) is 21.0. The molecule has 1 atom stereocenters. The summed E-state index contributed by atoms with van der Waals surface area (Å²) in [5.74, 6) is -1.37. The van der Waals surface area contributed by atoms with Crippen molar-refractivity contribution in [1.82, 2.24) is 5.32 Å². The summed E-state index contributed by atoms with van der Waals surface area (Å²) in [4.78, 5) is 35.3. The molecule has 0 aliphatic heterocycles. The van der Waals surface area contributed by atoms with Crippen molar-refractivity contribution in [3.05, 3.63) is 50.4 Å². The second-order valence-corrected chi connectivity index (χ2v) is 7.08. The fourth-order valence-corrected chi connectivity index (χ4v) is 2.74. The van der Waals surface area contributed by atoms with Gasteiger partial charge in [-0.15, -0.1) is 0 Å². The molecule has 1 unspecified atom stereocenters. The molecule has 2 N–H and O–H groups in total. The summed E-state index contributed by atoms with van der Waals surface area (Å²) in [5, 5.41) is 12.1. The van der Waals surface area contributed by atoms with E-state index in [1.54, 1.807) is 19.1 Å². The van der Waals surface area contributed by atoms with E-state index >= 15 is 0 Å². The second kappa shape index (κ2) is 8.93. The van der Waals surface area contributed by atoms with Gasteiger partial charge >= 0.3 is 11.6 Å². The Balaban J connectivity index is 2.35. The van der Waals surface area contributed by atoms with Crippen LogP contribution in [0.15, 0.2) is 33.0 Å². The van der Waals surface area contributed by atoms with Crippen LogP contribution in [0.2, 0.25) is 5.02 Å². The molecule has 0 saturated carbocycles. The number of aryl methyl sites for hydroxylation is 1. The largest absolute Gasteiger partial charge is 0.488 e. The molecule has 1 amide bonds. The number of carboxylic acid groups (broad SMARTS) is 1. The Hall–Kier alpha value is -2.80. The molecular formula is C20H22ClNO6. The molecule has 2 aromatic rings. The normalized spacial score (nSPS) is 11.8. The van der Waals surface area contributed by atoms with Crippen molar-refractivity contribution in [1.29, 1.82) is 0 Å². The van der Waals surface area contributed by atoms with Crippen molar-refractivity contribution in [3.8, 4) is 5.75 Å². The number of carboxylic acids is 1. The molecule has 28 heavy (non-hydrogen) atoms. The van der Waals surface area contributed by atoms with Gasteiger partial charge in [-0.1, -0.05) is 17.2 Å². The lowest BCUT2D eigenvalue weighted by atomic mass is 10.0. The average Bonchev–Trinajstić information content (AvgIpc) is 2.59. The molecule has 0 saturated heterocycles. The van der Waals surface area contributed by atoms with Crippen LogP contribution in [0.1, 0.15) is 31.9 Å². The third-order valence-corrected chi connectivity index (χ3v) is 4.45. The smallest absolute Gasteiger partial charge is 0.340 e. The minimum absolute atomic E-state index is 0.150. The molecule has 0 aliphatic carbocycles. The van der Waals surface area contributed by atoms with E-state index in [1.807, 2.05) is 19.9 Å². The van der Waals surface area contributed by atoms with Gasteiger partial charge in [0.25, 0.3) is 0 Å². The van der Waals surface area contributed by atoms with E-state index in [0.717, 1.165) is 5.57 Å². The van der Waals surface area contributed by atoms with Crippen LogP contribution in [-0.2, 0) is 16.0 Å². The maximum atomic E-state index is 12.4. The zero-order valence-corrected chi connectivity index (χ0v) is 16.8. The van der Waals surface area contributed by atoms with E-state index in [9.17, 15) is 14.4 Å². The van der Waals surface area contributed by atoms with Gasteiger partial charge in [-0.3, -0.25) is 9.59 Å². The maximum Gasteiger partial charge on any atom is 0.340 e. The van der Waals surface area contributed by atoms with Crippen molar-refractivity contribution < 1.29 is 23.8 Å². The number of nitrogens with one attached hydrogen (secondary N) is 1. The van der Waals surface area contributed by atoms with Gasteiger partial charge in [0.2, 0.25) is 5.91 Å². The number of fused-ring (bicyclic) bond motifs is 1. The maximum absolute atomic E-state index is 12.4. The molecule has 1 heterocycles. The van der Waals surface area contributed by atoms with E-state index in [-0.39, 0.29) is 12.0 Å². The van der Waals surface area contributed by atoms with Gasteiger partial charge in [0.15, 0.2) is 0 Å². The van der Waals surface area contributed by atoms with Gasteiger partial charge in [0.05, 0.1) is 17.0 Å². The summed E-state index contributed by atoms with van der Waals surface area (Å²) < 4.78 is 11.0. The number of halogens is 1. The van der Waals surface area contributed by atoms with Crippen LogP contribution in [0.4, 0.5) is 0 Å². The van der Waals surface area contributed by atoms with Crippen LogP contribution in [-0.4, -0.2) is 29.6 Å². The van der Waals surface area contributed by atoms with E-state index < -0.39 is 23.5 Å². The van der Waals surface area contributed by atoms with Crippen LogP contribution in [0.25, 0.3) is 11.0 Å². The highest BCUT2D eigenvalue weighted by Crippen LogP contribution is 2.32. The topological polar surface area (TPSA) is 106 Å². The highest BCUT2D eigenvalue weighted by Gasteiger charge is 2.19. The molecule has 0 aliphatic rings. The lowest BCUT2D eigenvalue weighted by Gasteiger charge is -2.12. The highest BCUT2D eigenvalue weighted by atomic mass is 35.5. The molecule has 7 nitrogen and oxygen atoms in total. The second-order valence-electron chi connectivity index (χ2n) is 6.67. The number of rotatable bonds is 7. The van der Waals surface area contributed by atoms with Crippen LogP contribution in [0.5, 0.6) is 5.75 Å². The minimum Gasteiger partial charge on any atom is -0.488 e. The summed E-state index contributed by atoms with van der Waals surface area (Å²) in [5.41, 5.74) is 1.42. The third-order valence-electron chi connectivity index (χ3n) is 4.16. The molecule has 2 rings (SSSR count). The molecule has 1 aromatic carbocycles. The van der Waals surface area contributed by atoms with Crippen molar-refractivity contribution in [2.45, 2.75) is 40.2 Å². The van der Waals surface area contributed by atoms with Gasteiger partial charge in [-0.25, -0.2) is 4.79 Å². The molecule has 150 valence electrons. The monoisotopic (exact) mass is 407 g/mol. The summed E-state index contributed by atoms with van der Waals surface area (Å²) in [6.07, 6.45) is 1.60. The number of benzene rings is 1. The predicted molar refractivity (Wildman–Crippen MR) is 106 cm³/mol. The van der Waals surface area contributed by atoms with Crippen LogP contribution < -0.4 is 15.7 Å². The Morgan fingerprint density at radius 1 is 1.36 bits per heavy atom. The quantitative estimate of drug-likeness (QED) is 0.539. The van der Waals surface area contributed by atoms with Crippen molar-refractivity contribution in [2.75, 3.05) is 6.61 Å². The Morgan fingerprint density at radius 2 is 2.04 bits per heavy atom. The Morgan fingerprint density at radius 3 is 2.64 bits per heavy atom. The van der Waals surface area contributed by atoms with E-state index in [1.165, 1.54) is 6.92 Å². The minimum atomic E-state index is -1.16. The van der Waals surface area contributed by atoms with Crippen LogP contribution in [0.3, 0.4) is 0 Å². The number of hydrogen-bond acceptors (Lipinski definition) is 5. The third kappa shape index (κ3) is 5.13. The van der Waals surface area contributed by atoms with E-state index in [0.29, 0.717) is 33.9 Å². The SMILES string of the molecule is CC(C)=CCOc1cc2oc(=O)c(CC(=O)NC(C)C(=O)O)c(C)c2cc1Cl. The lowest BCUT2D eigenvalue weighted by Crippen LogP contribution is -2.39. The van der Waals surface area contributed by atoms with Crippen molar-refractivity contribution >= 4 is 34.4 Å². The lowest BCUT2D eigenvalue weighted by molar-refractivity contribution is -0.141. The molecule has 1 aromatic heterocycles. The van der Waals surface area contributed by atoms with Crippen molar-refractivity contribution in [2.24, 2.45) is 0 Å². The molecule has 0 fully saturated rings. The number of aliphatic carboxylic acids is 1. The summed E-state index contributed by atoms with van der Waals surface area (Å²) >= 11 is 6.28. The fraction of sp³-hybridized carbons (Fsp3) is 0.350.